The van der Waals surface area contributed by atoms with Gasteiger partial charge in [-0.05, 0) is 11.1 Å². The van der Waals surface area contributed by atoms with Gasteiger partial charge >= 0.3 is 0 Å². The number of nitrogens with two attached hydrogens (primary N) is 1. The predicted molar refractivity (Wildman–Crippen MR) is 109 cm³/mol. The fourth-order valence-corrected chi connectivity index (χ4v) is 2.54. The first-order valence-electron chi connectivity index (χ1n) is 9.22. The molecule has 0 spiro atoms. The maximum atomic E-state index is 9.65. The third-order valence-electron chi connectivity index (χ3n) is 4.06. The molecule has 5 nitrogen and oxygen atoms in total. The zero-order valence-corrected chi connectivity index (χ0v) is 15.7. The molecule has 0 saturated heterocycles. The van der Waals surface area contributed by atoms with E-state index in [9.17, 15) is 5.11 Å². The van der Waals surface area contributed by atoms with Crippen molar-refractivity contribution >= 4 is 0 Å². The highest BCUT2D eigenvalue weighted by molar-refractivity contribution is 5.42. The van der Waals surface area contributed by atoms with Crippen molar-refractivity contribution in [2.24, 2.45) is 5.73 Å². The van der Waals surface area contributed by atoms with E-state index in [2.05, 4.69) is 0 Å². The molecule has 3 N–H and O–H groups in total. The summed E-state index contributed by atoms with van der Waals surface area (Å²) in [4.78, 5) is 0. The van der Waals surface area contributed by atoms with E-state index in [1.807, 2.05) is 66.7 Å². The van der Waals surface area contributed by atoms with Crippen LogP contribution in [-0.4, -0.2) is 24.4 Å². The zero-order chi connectivity index (χ0) is 19.6. The molecule has 0 heterocycles. The first-order chi connectivity index (χ1) is 13.7. The van der Waals surface area contributed by atoms with Gasteiger partial charge in [0, 0.05) is 24.7 Å². The first-order valence-corrected chi connectivity index (χ1v) is 9.22. The molecule has 0 radical (unpaired) electrons. The standard InChI is InChI=1S/C23H25NO4/c24-14-20(25)17-28-23-12-21(26-15-18-7-3-1-4-8-18)11-22(13-23)27-16-19-9-5-2-6-10-19/h1-13,20,25H,14-17,24H2. The average Bonchev–Trinajstić information content (AvgIpc) is 2.76. The minimum Gasteiger partial charge on any atom is -0.491 e. The summed E-state index contributed by atoms with van der Waals surface area (Å²) in [6.07, 6.45) is -0.720. The van der Waals surface area contributed by atoms with Gasteiger partial charge in [-0.25, -0.2) is 0 Å². The van der Waals surface area contributed by atoms with Crippen molar-refractivity contribution in [3.05, 3.63) is 90.0 Å². The fourth-order valence-electron chi connectivity index (χ4n) is 2.54. The van der Waals surface area contributed by atoms with E-state index in [4.69, 9.17) is 19.9 Å². The molecule has 3 aromatic rings. The molecule has 5 heteroatoms. The van der Waals surface area contributed by atoms with Gasteiger partial charge in [-0.15, -0.1) is 0 Å². The van der Waals surface area contributed by atoms with E-state index in [0.717, 1.165) is 11.1 Å². The van der Waals surface area contributed by atoms with Crippen molar-refractivity contribution < 1.29 is 19.3 Å². The zero-order valence-electron chi connectivity index (χ0n) is 15.7. The second kappa shape index (κ2) is 10.3. The van der Waals surface area contributed by atoms with E-state index in [-0.39, 0.29) is 13.2 Å². The number of rotatable bonds is 10. The van der Waals surface area contributed by atoms with Crippen molar-refractivity contribution in [3.8, 4) is 17.2 Å². The van der Waals surface area contributed by atoms with Crippen molar-refractivity contribution in [1.29, 1.82) is 0 Å². The Hall–Kier alpha value is -3.02. The summed E-state index contributed by atoms with van der Waals surface area (Å²) in [7, 11) is 0. The number of aliphatic hydroxyl groups excluding tert-OH is 1. The number of ether oxygens (including phenoxy) is 3. The van der Waals surface area contributed by atoms with Crippen LogP contribution < -0.4 is 19.9 Å². The number of hydrogen-bond acceptors (Lipinski definition) is 5. The average molecular weight is 379 g/mol. The highest BCUT2D eigenvalue weighted by atomic mass is 16.5. The van der Waals surface area contributed by atoms with Crippen LogP contribution in [0.15, 0.2) is 78.9 Å². The molecule has 28 heavy (non-hydrogen) atoms. The smallest absolute Gasteiger partial charge is 0.127 e. The molecule has 1 unspecified atom stereocenters. The van der Waals surface area contributed by atoms with Crippen LogP contribution in [0.25, 0.3) is 0 Å². The Bertz CT molecular complexity index is 778. The first kappa shape index (κ1) is 19.7. The Kier molecular flexibility index (Phi) is 7.29. The maximum Gasteiger partial charge on any atom is 0.127 e. The van der Waals surface area contributed by atoms with Gasteiger partial charge in [-0.3, -0.25) is 0 Å². The molecule has 1 atom stereocenters. The molecule has 146 valence electrons. The number of aliphatic hydroxyl groups is 1. The van der Waals surface area contributed by atoms with Crippen LogP contribution in [0.3, 0.4) is 0 Å². The Morgan fingerprint density at radius 3 is 1.54 bits per heavy atom. The van der Waals surface area contributed by atoms with Gasteiger partial charge in [0.1, 0.15) is 43.2 Å². The Labute approximate surface area is 165 Å². The lowest BCUT2D eigenvalue weighted by Gasteiger charge is -2.15. The number of benzene rings is 3. The molecule has 3 rings (SSSR count). The quantitative estimate of drug-likeness (QED) is 0.564. The molecule has 0 bridgehead atoms. The molecule has 0 aliphatic heterocycles. The summed E-state index contributed by atoms with van der Waals surface area (Å²) in [5.74, 6) is 1.82. The van der Waals surface area contributed by atoms with Gasteiger partial charge in [0.25, 0.3) is 0 Å². The van der Waals surface area contributed by atoms with E-state index in [0.29, 0.717) is 30.5 Å². The lowest BCUT2D eigenvalue weighted by molar-refractivity contribution is 0.113. The Morgan fingerprint density at radius 2 is 1.11 bits per heavy atom. The third kappa shape index (κ3) is 6.30. The van der Waals surface area contributed by atoms with Gasteiger partial charge in [-0.2, -0.15) is 0 Å². The van der Waals surface area contributed by atoms with Gasteiger partial charge in [-0.1, -0.05) is 60.7 Å². The second-order valence-corrected chi connectivity index (χ2v) is 6.39. The van der Waals surface area contributed by atoms with Gasteiger partial charge < -0.3 is 25.1 Å². The van der Waals surface area contributed by atoms with Crippen LogP contribution in [0.4, 0.5) is 0 Å². The topological polar surface area (TPSA) is 73.9 Å². The largest absolute Gasteiger partial charge is 0.491 e. The summed E-state index contributed by atoms with van der Waals surface area (Å²) in [6.45, 7) is 1.13. The maximum absolute atomic E-state index is 9.65. The van der Waals surface area contributed by atoms with E-state index < -0.39 is 6.10 Å². The van der Waals surface area contributed by atoms with E-state index in [1.54, 1.807) is 12.1 Å². The molecule has 0 aliphatic rings. The van der Waals surface area contributed by atoms with Crippen LogP contribution in [0, 0.1) is 0 Å². The van der Waals surface area contributed by atoms with E-state index in [1.165, 1.54) is 0 Å². The van der Waals surface area contributed by atoms with Crippen molar-refractivity contribution in [3.63, 3.8) is 0 Å². The molecule has 0 fully saturated rings. The minimum absolute atomic E-state index is 0.108. The summed E-state index contributed by atoms with van der Waals surface area (Å²) in [5.41, 5.74) is 7.58. The Balaban J connectivity index is 1.70. The summed E-state index contributed by atoms with van der Waals surface area (Å²) in [5, 5.41) is 9.65. The summed E-state index contributed by atoms with van der Waals surface area (Å²) in [6, 6.07) is 25.2. The van der Waals surface area contributed by atoms with Gasteiger partial charge in [0.15, 0.2) is 0 Å². The second-order valence-electron chi connectivity index (χ2n) is 6.39. The molecule has 0 aliphatic carbocycles. The molecule has 3 aromatic carbocycles. The number of hydrogen-bond donors (Lipinski definition) is 2. The van der Waals surface area contributed by atoms with Crippen molar-refractivity contribution in [1.82, 2.24) is 0 Å². The molecular formula is C23H25NO4. The molecule has 0 saturated carbocycles. The van der Waals surface area contributed by atoms with E-state index >= 15 is 0 Å². The van der Waals surface area contributed by atoms with Crippen molar-refractivity contribution in [2.45, 2.75) is 19.3 Å². The predicted octanol–water partition coefficient (Wildman–Crippen LogP) is 3.54. The van der Waals surface area contributed by atoms with Crippen LogP contribution in [0.1, 0.15) is 11.1 Å². The molecular weight excluding hydrogens is 354 g/mol. The van der Waals surface area contributed by atoms with Crippen LogP contribution in [0.2, 0.25) is 0 Å². The lowest BCUT2D eigenvalue weighted by Crippen LogP contribution is -2.26. The van der Waals surface area contributed by atoms with Crippen LogP contribution in [0.5, 0.6) is 17.2 Å². The lowest BCUT2D eigenvalue weighted by atomic mass is 10.2. The fraction of sp³-hybridized carbons (Fsp3) is 0.217. The van der Waals surface area contributed by atoms with Gasteiger partial charge in [0.2, 0.25) is 0 Å². The normalized spacial score (nSPS) is 11.6. The minimum atomic E-state index is -0.720. The van der Waals surface area contributed by atoms with Crippen molar-refractivity contribution in [2.75, 3.05) is 13.2 Å². The Morgan fingerprint density at radius 1 is 0.679 bits per heavy atom. The monoisotopic (exact) mass is 379 g/mol. The SMILES string of the molecule is NCC(O)COc1cc(OCc2ccccc2)cc(OCc2ccccc2)c1. The highest BCUT2D eigenvalue weighted by Crippen LogP contribution is 2.29. The molecule has 0 aromatic heterocycles. The molecule has 0 amide bonds. The highest BCUT2D eigenvalue weighted by Gasteiger charge is 2.08. The summed E-state index contributed by atoms with van der Waals surface area (Å²) < 4.78 is 17.5. The summed E-state index contributed by atoms with van der Waals surface area (Å²) >= 11 is 0. The van der Waals surface area contributed by atoms with Gasteiger partial charge in [0.05, 0.1) is 0 Å². The van der Waals surface area contributed by atoms with Crippen LogP contribution >= 0.6 is 0 Å². The van der Waals surface area contributed by atoms with Crippen LogP contribution in [-0.2, 0) is 13.2 Å². The third-order valence-corrected chi connectivity index (χ3v) is 4.06.